The van der Waals surface area contributed by atoms with Crippen molar-refractivity contribution in [3.63, 3.8) is 0 Å². The first-order valence-electron chi connectivity index (χ1n) is 13.6. The van der Waals surface area contributed by atoms with Gasteiger partial charge in [-0.15, -0.1) is 9.24 Å². The van der Waals surface area contributed by atoms with Gasteiger partial charge in [-0.2, -0.15) is 0 Å². The Balaban J connectivity index is 1.64. The molecule has 2 heterocycles. The van der Waals surface area contributed by atoms with Crippen LogP contribution in [0.3, 0.4) is 0 Å². The van der Waals surface area contributed by atoms with Crippen LogP contribution in [0.4, 0.5) is 4.79 Å². The van der Waals surface area contributed by atoms with E-state index in [0.717, 1.165) is 59.0 Å². The summed E-state index contributed by atoms with van der Waals surface area (Å²) in [5.41, 5.74) is 7.96. The van der Waals surface area contributed by atoms with Crippen LogP contribution in [0.5, 0.6) is 0 Å². The van der Waals surface area contributed by atoms with Crippen molar-refractivity contribution in [2.24, 2.45) is 18.0 Å². The lowest BCUT2D eigenvalue weighted by Crippen LogP contribution is -2.44. The van der Waals surface area contributed by atoms with Crippen molar-refractivity contribution < 1.29 is 4.79 Å². The second kappa shape index (κ2) is 11.4. The summed E-state index contributed by atoms with van der Waals surface area (Å²) in [4.78, 5) is 24.9. The Bertz CT molecular complexity index is 1330. The number of aliphatic imine (C=N–C) groups is 1. The van der Waals surface area contributed by atoms with Crippen LogP contribution >= 0.6 is 9.24 Å². The van der Waals surface area contributed by atoms with Crippen LogP contribution in [0.15, 0.2) is 70.1 Å². The zero-order valence-corrected chi connectivity index (χ0v) is 25.1. The van der Waals surface area contributed by atoms with Crippen LogP contribution in [0.1, 0.15) is 65.1 Å². The minimum Gasteiger partial charge on any atom is -0.334 e. The van der Waals surface area contributed by atoms with Crippen LogP contribution < -0.4 is 5.32 Å². The third-order valence-electron chi connectivity index (χ3n) is 7.33. The average Bonchev–Trinajstić information content (AvgIpc) is 3.28. The number of hydrogen-bond donors (Lipinski definition) is 1. The Morgan fingerprint density at radius 1 is 1.29 bits per heavy atom. The largest absolute Gasteiger partial charge is 0.334 e. The number of nitrogens with one attached hydrogen (secondary N) is 1. The van der Waals surface area contributed by atoms with Crippen molar-refractivity contribution in [3.05, 3.63) is 76.4 Å². The van der Waals surface area contributed by atoms with E-state index in [4.69, 9.17) is 9.98 Å². The highest BCUT2D eigenvalue weighted by Gasteiger charge is 2.27. The summed E-state index contributed by atoms with van der Waals surface area (Å²) in [6.07, 6.45) is 9.44. The minimum absolute atomic E-state index is 0.0875. The van der Waals surface area contributed by atoms with Crippen molar-refractivity contribution in [2.75, 3.05) is 6.54 Å². The summed E-state index contributed by atoms with van der Waals surface area (Å²) >= 11 is 0. The molecule has 0 radical (unpaired) electrons. The molecular weight excluding hydrogens is 488 g/mol. The Morgan fingerprint density at radius 3 is 2.61 bits per heavy atom. The predicted octanol–water partition coefficient (Wildman–Crippen LogP) is 5.68. The fourth-order valence-corrected chi connectivity index (χ4v) is 5.18. The number of aromatic nitrogens is 2. The number of nitrogens with zero attached hydrogens (tertiary/aromatic N) is 4. The summed E-state index contributed by atoms with van der Waals surface area (Å²) in [5, 5.41) is 2.96. The van der Waals surface area contributed by atoms with E-state index in [1.807, 2.05) is 7.05 Å². The van der Waals surface area contributed by atoms with Crippen LogP contribution in [0.2, 0.25) is 0 Å². The maximum Gasteiger partial charge on any atom is 0.323 e. The molecule has 0 saturated heterocycles. The average molecular weight is 529 g/mol. The first-order chi connectivity index (χ1) is 18.0. The number of rotatable bonds is 8. The molecule has 1 aliphatic carbocycles. The van der Waals surface area contributed by atoms with Gasteiger partial charge in [-0.25, -0.2) is 14.8 Å². The summed E-state index contributed by atoms with van der Waals surface area (Å²) in [6.45, 7) is 11.8. The number of carbonyl (C=O) groups is 1. The van der Waals surface area contributed by atoms with E-state index in [2.05, 4.69) is 104 Å². The molecular formula is C30H41BN5OP. The fourth-order valence-electron chi connectivity index (χ4n) is 5.04. The molecule has 0 bridgehead atoms. The van der Waals surface area contributed by atoms with Crippen LogP contribution in [0.25, 0.3) is 11.4 Å². The molecule has 4 rings (SSSR count). The van der Waals surface area contributed by atoms with Gasteiger partial charge >= 0.3 is 6.03 Å². The van der Waals surface area contributed by atoms with Gasteiger partial charge in [0.1, 0.15) is 19.5 Å². The van der Waals surface area contributed by atoms with Gasteiger partial charge < -0.3 is 9.88 Å². The van der Waals surface area contributed by atoms with E-state index in [1.54, 1.807) is 4.90 Å². The monoisotopic (exact) mass is 529 g/mol. The molecule has 2 atom stereocenters. The highest BCUT2D eigenvalue weighted by atomic mass is 31.0. The molecule has 1 aromatic carbocycles. The molecule has 2 aliphatic rings. The van der Waals surface area contributed by atoms with Gasteiger partial charge in [-0.3, -0.25) is 4.90 Å². The third kappa shape index (κ3) is 6.04. The van der Waals surface area contributed by atoms with E-state index in [9.17, 15) is 4.79 Å². The zero-order chi connectivity index (χ0) is 27.6. The van der Waals surface area contributed by atoms with Crippen LogP contribution in [-0.2, 0) is 18.6 Å². The van der Waals surface area contributed by atoms with Crippen LogP contribution in [-0.4, -0.2) is 40.6 Å². The quantitative estimate of drug-likeness (QED) is 0.272. The number of urea groups is 1. The number of carbonyl (C=O) groups excluding carboxylic acids is 1. The maximum atomic E-state index is 13.1. The molecule has 0 spiro atoms. The molecule has 1 aromatic heterocycles. The molecule has 6 nitrogen and oxygen atoms in total. The van der Waals surface area contributed by atoms with E-state index >= 15 is 0 Å². The smallest absolute Gasteiger partial charge is 0.323 e. The van der Waals surface area contributed by atoms with Gasteiger partial charge in [-0.05, 0) is 59.4 Å². The van der Waals surface area contributed by atoms with Crippen molar-refractivity contribution in [3.8, 4) is 11.4 Å². The lowest BCUT2D eigenvalue weighted by atomic mass is 9.85. The lowest BCUT2D eigenvalue weighted by Gasteiger charge is -2.31. The van der Waals surface area contributed by atoms with E-state index in [-0.39, 0.29) is 11.1 Å². The standard InChI is InChI=1S/C30H41BN5OP/c1-7-22-16-32-29(37)36(28(22)33-20(4)25-11-9-8-10-24(25)19(2)3)17-21-12-14-23(15-13-21)27-34-26(18-35(27)6)30(5,31)38/h8,10,12-15,18-19H,7,9,11,16-17,31,38H2,1-6H3,(H,32,37)/b33-20+. The molecule has 0 fully saturated rings. The van der Waals surface area contributed by atoms with E-state index < -0.39 is 0 Å². The molecule has 8 heteroatoms. The number of amides is 2. The van der Waals surface area contributed by atoms with Crippen molar-refractivity contribution in [1.29, 1.82) is 0 Å². The lowest BCUT2D eigenvalue weighted by molar-refractivity contribution is 0.204. The van der Waals surface area contributed by atoms with Crippen molar-refractivity contribution >= 4 is 28.8 Å². The molecule has 2 aromatic rings. The third-order valence-corrected chi connectivity index (χ3v) is 7.62. The first kappa shape index (κ1) is 28.1. The number of hydrogen-bond acceptors (Lipinski definition) is 3. The number of allylic oxidation sites excluding steroid dienone is 4. The van der Waals surface area contributed by atoms with Gasteiger partial charge in [0.25, 0.3) is 0 Å². The Hall–Kier alpha value is -2.92. The van der Waals surface area contributed by atoms with E-state index in [0.29, 0.717) is 19.0 Å². The minimum atomic E-state index is -0.101. The molecule has 38 heavy (non-hydrogen) atoms. The summed E-state index contributed by atoms with van der Waals surface area (Å²) in [5.74, 6) is 2.16. The SMILES string of the molecule is BC(C)(P)c1cn(C)c(-c2ccc(CN3C(=O)NCC(CC)=C3/N=C(\C)C3=C(C(C)C)C=CCC3)cc2)n1. The normalized spacial score (nSPS) is 18.4. The fraction of sp³-hybridized carbons (Fsp3) is 0.433. The topological polar surface area (TPSA) is 62.5 Å². The van der Waals surface area contributed by atoms with Crippen molar-refractivity contribution in [1.82, 2.24) is 19.8 Å². The van der Waals surface area contributed by atoms with Gasteiger partial charge in [0, 0.05) is 31.1 Å². The Morgan fingerprint density at radius 2 is 2.00 bits per heavy atom. The summed E-state index contributed by atoms with van der Waals surface area (Å²) in [6, 6.07) is 8.25. The number of benzene rings is 1. The molecule has 2 amide bonds. The van der Waals surface area contributed by atoms with Gasteiger partial charge in [0.15, 0.2) is 0 Å². The molecule has 1 N–H and O–H groups in total. The maximum absolute atomic E-state index is 13.1. The number of imidazole rings is 1. The molecule has 2 unspecified atom stereocenters. The highest BCUT2D eigenvalue weighted by Crippen LogP contribution is 2.31. The van der Waals surface area contributed by atoms with Crippen molar-refractivity contribution in [2.45, 2.75) is 65.5 Å². The van der Waals surface area contributed by atoms with Gasteiger partial charge in [0.05, 0.1) is 12.2 Å². The highest BCUT2D eigenvalue weighted by molar-refractivity contribution is 7.21. The predicted molar refractivity (Wildman–Crippen MR) is 164 cm³/mol. The molecule has 200 valence electrons. The second-order valence-corrected chi connectivity index (χ2v) is 12.7. The first-order valence-corrected chi connectivity index (χ1v) is 14.2. The zero-order valence-electron chi connectivity index (χ0n) is 23.9. The summed E-state index contributed by atoms with van der Waals surface area (Å²) in [7, 11) is 7.03. The Kier molecular flexibility index (Phi) is 8.47. The van der Waals surface area contributed by atoms with Gasteiger partial charge in [-0.1, -0.05) is 64.1 Å². The summed E-state index contributed by atoms with van der Waals surface area (Å²) < 4.78 is 2.07. The second-order valence-electron chi connectivity index (χ2n) is 11.2. The molecule has 0 saturated carbocycles. The van der Waals surface area contributed by atoms with Crippen LogP contribution in [0, 0.1) is 5.92 Å². The Labute approximate surface area is 231 Å². The molecule has 1 aliphatic heterocycles. The number of aryl methyl sites for hydroxylation is 1. The van der Waals surface area contributed by atoms with Gasteiger partial charge in [0.2, 0.25) is 0 Å². The van der Waals surface area contributed by atoms with E-state index in [1.165, 1.54) is 11.1 Å².